The average molecular weight is 306 g/mol. The molecule has 1 atom stereocenters. The topological polar surface area (TPSA) is 24.9 Å². The highest BCUT2D eigenvalue weighted by Crippen LogP contribution is 2.19. The summed E-state index contributed by atoms with van der Waals surface area (Å²) >= 11 is 9.24. The number of rotatable bonds is 5. The van der Waals surface area contributed by atoms with Crippen LogP contribution in [0.25, 0.3) is 0 Å². The molecule has 0 saturated carbocycles. The molecule has 0 spiro atoms. The van der Waals surface area contributed by atoms with Gasteiger partial charge in [0.25, 0.3) is 0 Å². The summed E-state index contributed by atoms with van der Waals surface area (Å²) in [6.07, 6.45) is 2.78. The van der Waals surface area contributed by atoms with E-state index >= 15 is 0 Å². The highest BCUT2D eigenvalue weighted by atomic mass is 79.9. The zero-order valence-corrected chi connectivity index (χ0v) is 12.3. The molecule has 1 aromatic rings. The maximum atomic E-state index is 5.80. The van der Waals surface area contributed by atoms with Gasteiger partial charge in [0, 0.05) is 22.6 Å². The van der Waals surface area contributed by atoms with Crippen molar-refractivity contribution in [1.29, 1.82) is 0 Å². The molecule has 1 N–H and O–H groups in total. The Labute approximate surface area is 111 Å². The van der Waals surface area contributed by atoms with Crippen molar-refractivity contribution in [3.8, 4) is 0 Å². The molecule has 1 heterocycles. The first-order chi connectivity index (χ1) is 7.54. The van der Waals surface area contributed by atoms with Crippen molar-refractivity contribution in [3.05, 3.63) is 22.3 Å². The Kier molecular flexibility index (Phi) is 5.56. The molecule has 0 radical (unpaired) electrons. The van der Waals surface area contributed by atoms with Gasteiger partial charge in [0.15, 0.2) is 0 Å². The zero-order chi connectivity index (χ0) is 12.1. The van der Waals surface area contributed by atoms with Crippen molar-refractivity contribution < 1.29 is 0 Å². The quantitative estimate of drug-likeness (QED) is 0.824. The van der Waals surface area contributed by atoms with Gasteiger partial charge in [-0.15, -0.1) is 11.6 Å². The van der Waals surface area contributed by atoms with Gasteiger partial charge in [0.2, 0.25) is 0 Å². The minimum atomic E-state index is 0.380. The van der Waals surface area contributed by atoms with E-state index in [1.165, 1.54) is 5.56 Å². The summed E-state index contributed by atoms with van der Waals surface area (Å²) in [4.78, 5) is 4.34. The molecule has 1 rings (SSSR count). The van der Waals surface area contributed by atoms with Gasteiger partial charge in [-0.05, 0) is 46.8 Å². The predicted octanol–water partition coefficient (Wildman–Crippen LogP) is 4.22. The van der Waals surface area contributed by atoms with Gasteiger partial charge in [-0.3, -0.25) is 0 Å². The molecule has 4 heteroatoms. The Hall–Kier alpha value is -0.280. The summed E-state index contributed by atoms with van der Waals surface area (Å²) in [7, 11) is 0. The molecule has 0 aliphatic rings. The van der Waals surface area contributed by atoms with Gasteiger partial charge < -0.3 is 5.32 Å². The van der Waals surface area contributed by atoms with Crippen LogP contribution in [0, 0.1) is 12.8 Å². The van der Waals surface area contributed by atoms with Gasteiger partial charge in [-0.25, -0.2) is 4.98 Å². The number of nitrogens with one attached hydrogen (secondary N) is 1. The number of pyridine rings is 1. The van der Waals surface area contributed by atoms with E-state index in [4.69, 9.17) is 11.6 Å². The van der Waals surface area contributed by atoms with E-state index in [1.807, 2.05) is 12.3 Å². The Morgan fingerprint density at radius 2 is 2.19 bits per heavy atom. The van der Waals surface area contributed by atoms with Crippen LogP contribution in [0.2, 0.25) is 0 Å². The molecule has 1 unspecified atom stereocenters. The van der Waals surface area contributed by atoms with Gasteiger partial charge in [0.1, 0.15) is 5.82 Å². The Morgan fingerprint density at radius 3 is 2.69 bits per heavy atom. The smallest absolute Gasteiger partial charge is 0.126 e. The van der Waals surface area contributed by atoms with Crippen LogP contribution in [0.5, 0.6) is 0 Å². The number of hydrogen-bond donors (Lipinski definition) is 1. The Morgan fingerprint density at radius 1 is 1.50 bits per heavy atom. The second-order valence-electron chi connectivity index (χ2n) is 4.29. The first-order valence-electron chi connectivity index (χ1n) is 5.49. The molecule has 16 heavy (non-hydrogen) atoms. The molecule has 2 nitrogen and oxygen atoms in total. The third-order valence-corrected chi connectivity index (χ3v) is 3.65. The van der Waals surface area contributed by atoms with Crippen LogP contribution >= 0.6 is 27.5 Å². The third-order valence-electron chi connectivity index (χ3n) is 2.61. The van der Waals surface area contributed by atoms with E-state index in [-0.39, 0.29) is 0 Å². The lowest BCUT2D eigenvalue weighted by molar-refractivity contribution is 0.511. The summed E-state index contributed by atoms with van der Waals surface area (Å²) in [6.45, 7) is 6.44. The third kappa shape index (κ3) is 3.95. The lowest BCUT2D eigenvalue weighted by Gasteiger charge is -2.22. The van der Waals surface area contributed by atoms with Crippen LogP contribution in [0.15, 0.2) is 16.7 Å². The van der Waals surface area contributed by atoms with Gasteiger partial charge in [-0.2, -0.15) is 0 Å². The Balaban J connectivity index is 2.73. The van der Waals surface area contributed by atoms with Crippen LogP contribution < -0.4 is 5.32 Å². The fourth-order valence-electron chi connectivity index (χ4n) is 1.50. The molecule has 0 amide bonds. The highest BCUT2D eigenvalue weighted by molar-refractivity contribution is 9.10. The maximum Gasteiger partial charge on any atom is 0.126 e. The molecule has 0 aliphatic carbocycles. The van der Waals surface area contributed by atoms with E-state index in [0.717, 1.165) is 16.7 Å². The predicted molar refractivity (Wildman–Crippen MR) is 74.3 cm³/mol. The van der Waals surface area contributed by atoms with Gasteiger partial charge in [0.05, 0.1) is 0 Å². The van der Waals surface area contributed by atoms with Crippen molar-refractivity contribution >= 4 is 33.3 Å². The lowest BCUT2D eigenvalue weighted by atomic mass is 10.0. The number of halogens is 2. The molecule has 90 valence electrons. The van der Waals surface area contributed by atoms with Crippen molar-refractivity contribution in [3.63, 3.8) is 0 Å². The standard InChI is InChI=1S/C12H18BrClN2/c1-8(2)11(4-5-14)16-12-6-9(3)10(13)7-15-12/h6-8,11H,4-5H2,1-3H3,(H,15,16). The van der Waals surface area contributed by atoms with Crippen molar-refractivity contribution in [2.75, 3.05) is 11.2 Å². The minimum Gasteiger partial charge on any atom is -0.367 e. The SMILES string of the molecule is Cc1cc(NC(CCCl)C(C)C)ncc1Br. The monoisotopic (exact) mass is 304 g/mol. The van der Waals surface area contributed by atoms with Gasteiger partial charge in [-0.1, -0.05) is 13.8 Å². The average Bonchev–Trinajstić information content (AvgIpc) is 2.22. The number of nitrogens with zero attached hydrogens (tertiary/aromatic N) is 1. The largest absolute Gasteiger partial charge is 0.367 e. The first-order valence-corrected chi connectivity index (χ1v) is 6.82. The molecule has 0 saturated heterocycles. The second-order valence-corrected chi connectivity index (χ2v) is 5.52. The van der Waals surface area contributed by atoms with E-state index in [0.29, 0.717) is 17.8 Å². The van der Waals surface area contributed by atoms with Gasteiger partial charge >= 0.3 is 0 Å². The van der Waals surface area contributed by atoms with Crippen LogP contribution in [-0.4, -0.2) is 16.9 Å². The molecule has 1 aromatic heterocycles. The first kappa shape index (κ1) is 13.8. The number of aryl methyl sites for hydroxylation is 1. The molecule has 0 aromatic carbocycles. The minimum absolute atomic E-state index is 0.380. The maximum absolute atomic E-state index is 5.80. The van der Waals surface area contributed by atoms with Crippen molar-refractivity contribution in [2.24, 2.45) is 5.92 Å². The fourth-order valence-corrected chi connectivity index (χ4v) is 1.95. The van der Waals surface area contributed by atoms with Crippen molar-refractivity contribution in [2.45, 2.75) is 33.2 Å². The second kappa shape index (κ2) is 6.45. The molecule has 0 bridgehead atoms. The van der Waals surface area contributed by atoms with E-state index < -0.39 is 0 Å². The summed E-state index contributed by atoms with van der Waals surface area (Å²) in [6, 6.07) is 2.43. The van der Waals surface area contributed by atoms with E-state index in [9.17, 15) is 0 Å². The summed E-state index contributed by atoms with van der Waals surface area (Å²) < 4.78 is 1.04. The molecular formula is C12H18BrClN2. The van der Waals surface area contributed by atoms with E-state index in [1.54, 1.807) is 0 Å². The number of aromatic nitrogens is 1. The number of anilines is 1. The normalized spacial score (nSPS) is 12.9. The van der Waals surface area contributed by atoms with Crippen LogP contribution in [0.4, 0.5) is 5.82 Å². The fraction of sp³-hybridized carbons (Fsp3) is 0.583. The molecular weight excluding hydrogens is 288 g/mol. The molecule has 0 aliphatic heterocycles. The molecule has 0 fully saturated rings. The summed E-state index contributed by atoms with van der Waals surface area (Å²) in [5, 5.41) is 3.43. The summed E-state index contributed by atoms with van der Waals surface area (Å²) in [5.74, 6) is 2.14. The number of hydrogen-bond acceptors (Lipinski definition) is 2. The van der Waals surface area contributed by atoms with Crippen LogP contribution in [0.3, 0.4) is 0 Å². The lowest BCUT2D eigenvalue weighted by Crippen LogP contribution is -2.26. The van der Waals surface area contributed by atoms with Crippen LogP contribution in [-0.2, 0) is 0 Å². The number of alkyl halides is 1. The van der Waals surface area contributed by atoms with Crippen LogP contribution in [0.1, 0.15) is 25.8 Å². The highest BCUT2D eigenvalue weighted by Gasteiger charge is 2.13. The van der Waals surface area contributed by atoms with E-state index in [2.05, 4.69) is 47.0 Å². The van der Waals surface area contributed by atoms with Crippen molar-refractivity contribution in [1.82, 2.24) is 4.98 Å². The zero-order valence-electron chi connectivity index (χ0n) is 9.93. The summed E-state index contributed by atoms with van der Waals surface area (Å²) in [5.41, 5.74) is 1.19. The Bertz CT molecular complexity index is 342.